The molecule has 168 valence electrons. The van der Waals surface area contributed by atoms with Gasteiger partial charge in [-0.25, -0.2) is 0 Å². The second kappa shape index (κ2) is 9.78. The van der Waals surface area contributed by atoms with Crippen LogP contribution >= 0.6 is 0 Å². The molecule has 3 aromatic carbocycles. The number of furan rings is 1. The second-order valence-electron chi connectivity index (χ2n) is 8.07. The summed E-state index contributed by atoms with van der Waals surface area (Å²) in [6.07, 6.45) is 4.38. The van der Waals surface area contributed by atoms with Gasteiger partial charge in [0.15, 0.2) is 0 Å². The third-order valence-corrected chi connectivity index (χ3v) is 5.82. The van der Waals surface area contributed by atoms with Gasteiger partial charge in [-0.05, 0) is 62.1 Å². The maximum absolute atomic E-state index is 12.8. The number of benzene rings is 3. The van der Waals surface area contributed by atoms with Crippen LogP contribution in [-0.2, 0) is 11.2 Å². The Balaban J connectivity index is 1.73. The molecule has 4 heteroatoms. The van der Waals surface area contributed by atoms with E-state index in [0.29, 0.717) is 6.61 Å². The van der Waals surface area contributed by atoms with Gasteiger partial charge in [-0.3, -0.25) is 4.79 Å². The predicted octanol–water partition coefficient (Wildman–Crippen LogP) is 7.41. The van der Waals surface area contributed by atoms with Crippen LogP contribution in [-0.4, -0.2) is 12.5 Å². The molecular weight excluding hydrogens is 410 g/mol. The highest BCUT2D eigenvalue weighted by atomic mass is 16.5. The maximum Gasteiger partial charge on any atom is 0.248 e. The molecule has 0 fully saturated rings. The van der Waals surface area contributed by atoms with Gasteiger partial charge in [0.05, 0.1) is 12.9 Å². The summed E-state index contributed by atoms with van der Waals surface area (Å²) in [5, 5.41) is 3.96. The zero-order chi connectivity index (χ0) is 23.4. The van der Waals surface area contributed by atoms with Crippen LogP contribution in [0.5, 0.6) is 5.75 Å². The average Bonchev–Trinajstić information content (AvgIpc) is 3.26. The lowest BCUT2D eigenvalue weighted by Crippen LogP contribution is -2.09. The number of allylic oxidation sites excluding steroid dienone is 1. The molecule has 0 saturated heterocycles. The van der Waals surface area contributed by atoms with E-state index >= 15 is 0 Å². The average molecular weight is 440 g/mol. The third-order valence-electron chi connectivity index (χ3n) is 5.82. The van der Waals surface area contributed by atoms with E-state index in [-0.39, 0.29) is 5.91 Å². The van der Waals surface area contributed by atoms with E-state index in [1.165, 1.54) is 5.56 Å². The molecule has 0 atom stereocenters. The largest absolute Gasteiger partial charge is 0.493 e. The highest BCUT2D eigenvalue weighted by molar-refractivity contribution is 6.06. The number of amides is 1. The maximum atomic E-state index is 12.8. The molecule has 0 aliphatic carbocycles. The Kier molecular flexibility index (Phi) is 6.64. The number of ether oxygens (including phenoxy) is 1. The van der Waals surface area contributed by atoms with Crippen molar-refractivity contribution in [2.24, 2.45) is 0 Å². The van der Waals surface area contributed by atoms with Crippen LogP contribution in [0.3, 0.4) is 0 Å². The van der Waals surface area contributed by atoms with Gasteiger partial charge in [-0.2, -0.15) is 0 Å². The van der Waals surface area contributed by atoms with Crippen LogP contribution < -0.4 is 10.1 Å². The molecule has 4 rings (SSSR count). The first-order valence-electron chi connectivity index (χ1n) is 11.3. The number of carbonyl (C=O) groups excluding carboxylic acids is 1. The quantitative estimate of drug-likeness (QED) is 0.305. The molecule has 33 heavy (non-hydrogen) atoms. The normalized spacial score (nSPS) is 11.6. The molecular formula is C29H29NO3. The van der Waals surface area contributed by atoms with E-state index in [1.807, 2.05) is 63.2 Å². The van der Waals surface area contributed by atoms with Gasteiger partial charge in [0.1, 0.15) is 11.3 Å². The molecule has 0 unspecified atom stereocenters. The second-order valence-corrected chi connectivity index (χ2v) is 8.07. The van der Waals surface area contributed by atoms with Crippen molar-refractivity contribution < 1.29 is 13.9 Å². The Bertz CT molecular complexity index is 1300. The number of nitrogens with one attached hydrogen (secondary N) is 1. The lowest BCUT2D eigenvalue weighted by molar-refractivity contribution is -0.111. The minimum atomic E-state index is -0.174. The minimum Gasteiger partial charge on any atom is -0.493 e. The Hall–Kier alpha value is -3.79. The summed E-state index contributed by atoms with van der Waals surface area (Å²) in [6.45, 7) is 8.52. The molecule has 1 amide bonds. The number of anilines is 1. The summed E-state index contributed by atoms with van der Waals surface area (Å²) in [5.74, 6) is 0.570. The van der Waals surface area contributed by atoms with Gasteiger partial charge in [0.2, 0.25) is 5.91 Å². The van der Waals surface area contributed by atoms with Crippen molar-refractivity contribution in [2.45, 2.75) is 34.1 Å². The van der Waals surface area contributed by atoms with Gasteiger partial charge in [-0.15, -0.1) is 0 Å². The fourth-order valence-electron chi connectivity index (χ4n) is 4.06. The summed E-state index contributed by atoms with van der Waals surface area (Å²) in [4.78, 5) is 12.8. The minimum absolute atomic E-state index is 0.174. The van der Waals surface area contributed by atoms with Crippen molar-refractivity contribution in [2.75, 3.05) is 11.9 Å². The Labute approximate surface area is 194 Å². The molecule has 0 saturated carbocycles. The molecule has 4 aromatic rings. The molecule has 4 nitrogen and oxygen atoms in total. The van der Waals surface area contributed by atoms with Gasteiger partial charge >= 0.3 is 0 Å². The summed E-state index contributed by atoms with van der Waals surface area (Å²) in [6, 6.07) is 20.1. The first-order valence-corrected chi connectivity index (χ1v) is 11.3. The van der Waals surface area contributed by atoms with Crippen LogP contribution in [0.25, 0.3) is 27.7 Å². The number of carbonyl (C=O) groups is 1. The Morgan fingerprint density at radius 1 is 1.06 bits per heavy atom. The Morgan fingerprint density at radius 3 is 2.45 bits per heavy atom. The highest BCUT2D eigenvalue weighted by Gasteiger charge is 2.19. The van der Waals surface area contributed by atoms with Crippen LogP contribution in [0.4, 0.5) is 5.69 Å². The summed E-state index contributed by atoms with van der Waals surface area (Å²) >= 11 is 0. The fourth-order valence-corrected chi connectivity index (χ4v) is 4.06. The van der Waals surface area contributed by atoms with Gasteiger partial charge in [0.25, 0.3) is 0 Å². The van der Waals surface area contributed by atoms with Crippen LogP contribution in [0.1, 0.15) is 37.5 Å². The lowest BCUT2D eigenvalue weighted by Gasteiger charge is -2.15. The van der Waals surface area contributed by atoms with Crippen molar-refractivity contribution in [1.29, 1.82) is 0 Å². The van der Waals surface area contributed by atoms with Crippen molar-refractivity contribution in [3.8, 4) is 16.9 Å². The van der Waals surface area contributed by atoms with Crippen molar-refractivity contribution in [3.05, 3.63) is 89.7 Å². The van der Waals surface area contributed by atoms with E-state index in [2.05, 4.69) is 30.4 Å². The first kappa shape index (κ1) is 22.4. The standard InChI is InChI=1S/C29H29NO3/c1-5-21-12-14-23(15-13-21)30-27(31)16-19(3)24-17-25-26(22-10-8-7-9-11-22)18-33-29(25)20(4)28(24)32-6-2/h7-18H,5-6H2,1-4H3,(H,30,31)/b19-16+. The molecule has 0 aliphatic rings. The van der Waals surface area contributed by atoms with E-state index in [0.717, 1.165) is 56.7 Å². The summed E-state index contributed by atoms with van der Waals surface area (Å²) in [5.41, 5.74) is 7.55. The molecule has 1 N–H and O–H groups in total. The zero-order valence-corrected chi connectivity index (χ0v) is 19.6. The molecule has 0 spiro atoms. The van der Waals surface area contributed by atoms with Crippen molar-refractivity contribution in [3.63, 3.8) is 0 Å². The van der Waals surface area contributed by atoms with E-state index in [1.54, 1.807) is 12.3 Å². The van der Waals surface area contributed by atoms with Crippen LogP contribution in [0, 0.1) is 6.92 Å². The Morgan fingerprint density at radius 2 is 1.79 bits per heavy atom. The zero-order valence-electron chi connectivity index (χ0n) is 19.6. The number of fused-ring (bicyclic) bond motifs is 1. The molecule has 0 aliphatic heterocycles. The molecule has 0 radical (unpaired) electrons. The fraction of sp³-hybridized carbons (Fsp3) is 0.207. The predicted molar refractivity (Wildman–Crippen MR) is 136 cm³/mol. The summed E-state index contributed by atoms with van der Waals surface area (Å²) in [7, 11) is 0. The van der Waals surface area contributed by atoms with Crippen molar-refractivity contribution >= 4 is 28.1 Å². The summed E-state index contributed by atoms with van der Waals surface area (Å²) < 4.78 is 12.0. The van der Waals surface area contributed by atoms with Gasteiger partial charge in [-0.1, -0.05) is 49.4 Å². The number of hydrogen-bond acceptors (Lipinski definition) is 3. The topological polar surface area (TPSA) is 51.5 Å². The highest BCUT2D eigenvalue weighted by Crippen LogP contribution is 2.40. The van der Waals surface area contributed by atoms with Crippen LogP contribution in [0.2, 0.25) is 0 Å². The molecule has 1 heterocycles. The lowest BCUT2D eigenvalue weighted by atomic mass is 9.96. The first-order chi connectivity index (χ1) is 16.0. The SMILES string of the molecule is CCOc1c(/C(C)=C/C(=O)Nc2ccc(CC)cc2)cc2c(-c3ccccc3)coc2c1C. The smallest absolute Gasteiger partial charge is 0.248 e. The van der Waals surface area contributed by atoms with Gasteiger partial charge in [0, 0.05) is 33.8 Å². The molecule has 1 aromatic heterocycles. The molecule has 0 bridgehead atoms. The third kappa shape index (κ3) is 4.70. The number of aryl methyl sites for hydroxylation is 2. The van der Waals surface area contributed by atoms with Crippen molar-refractivity contribution in [1.82, 2.24) is 0 Å². The van der Waals surface area contributed by atoms with E-state index in [9.17, 15) is 4.79 Å². The van der Waals surface area contributed by atoms with Gasteiger partial charge < -0.3 is 14.5 Å². The number of hydrogen-bond donors (Lipinski definition) is 1. The van der Waals surface area contributed by atoms with E-state index < -0.39 is 0 Å². The monoisotopic (exact) mass is 439 g/mol. The number of rotatable bonds is 7. The van der Waals surface area contributed by atoms with E-state index in [4.69, 9.17) is 9.15 Å². The van der Waals surface area contributed by atoms with Crippen LogP contribution in [0.15, 0.2) is 77.4 Å².